The van der Waals surface area contributed by atoms with Crippen molar-refractivity contribution in [3.8, 4) is 0 Å². The lowest BCUT2D eigenvalue weighted by molar-refractivity contribution is 0.281. The van der Waals surface area contributed by atoms with E-state index in [1.54, 1.807) is 31.2 Å². The van der Waals surface area contributed by atoms with E-state index in [4.69, 9.17) is 5.11 Å². The van der Waals surface area contributed by atoms with Crippen LogP contribution in [0.2, 0.25) is 0 Å². The normalized spacial score (nSPS) is 15.7. The summed E-state index contributed by atoms with van der Waals surface area (Å²) in [7, 11) is -3.51. The van der Waals surface area contributed by atoms with Gasteiger partial charge in [-0.15, -0.1) is 6.58 Å². The number of nitrogens with zero attached hydrogens (tertiary/aromatic N) is 1. The van der Waals surface area contributed by atoms with Gasteiger partial charge < -0.3 is 5.11 Å². The van der Waals surface area contributed by atoms with Gasteiger partial charge in [0, 0.05) is 12.6 Å². The molecule has 0 unspecified atom stereocenters. The number of benzene rings is 1. The Kier molecular flexibility index (Phi) is 4.08. The Bertz CT molecular complexity index is 576. The molecule has 0 aliphatic heterocycles. The number of aryl methyl sites for hydroxylation is 1. The van der Waals surface area contributed by atoms with Crippen LogP contribution < -0.4 is 0 Å². The van der Waals surface area contributed by atoms with Gasteiger partial charge >= 0.3 is 0 Å². The zero-order valence-corrected chi connectivity index (χ0v) is 11.9. The maximum absolute atomic E-state index is 12.7. The highest BCUT2D eigenvalue weighted by atomic mass is 32.2. The van der Waals surface area contributed by atoms with Crippen LogP contribution in [0.4, 0.5) is 0 Å². The molecule has 1 aromatic rings. The first kappa shape index (κ1) is 14.2. The second-order valence-corrected chi connectivity index (χ2v) is 6.71. The Morgan fingerprint density at radius 3 is 2.68 bits per heavy atom. The summed E-state index contributed by atoms with van der Waals surface area (Å²) < 4.78 is 26.9. The van der Waals surface area contributed by atoms with Crippen molar-refractivity contribution in [2.45, 2.75) is 37.3 Å². The van der Waals surface area contributed by atoms with E-state index < -0.39 is 10.0 Å². The SMILES string of the molecule is C=CCN(C1CC1)S(=O)(=O)c1cc(CO)ccc1C. The third kappa shape index (κ3) is 2.88. The van der Waals surface area contributed by atoms with Crippen molar-refractivity contribution in [2.24, 2.45) is 0 Å². The van der Waals surface area contributed by atoms with Crippen molar-refractivity contribution in [3.63, 3.8) is 0 Å². The van der Waals surface area contributed by atoms with Crippen molar-refractivity contribution in [3.05, 3.63) is 42.0 Å². The molecule has 0 heterocycles. The van der Waals surface area contributed by atoms with Crippen molar-refractivity contribution < 1.29 is 13.5 Å². The highest BCUT2D eigenvalue weighted by molar-refractivity contribution is 7.89. The zero-order chi connectivity index (χ0) is 14.0. The minimum absolute atomic E-state index is 0.0974. The number of aliphatic hydroxyl groups is 1. The summed E-state index contributed by atoms with van der Waals surface area (Å²) in [5, 5.41) is 9.16. The lowest BCUT2D eigenvalue weighted by Gasteiger charge is -2.21. The molecule has 104 valence electrons. The number of hydrogen-bond donors (Lipinski definition) is 1. The van der Waals surface area contributed by atoms with E-state index in [2.05, 4.69) is 6.58 Å². The van der Waals surface area contributed by atoms with Crippen LogP contribution in [0, 0.1) is 6.92 Å². The average Bonchev–Trinajstić information content (AvgIpc) is 3.20. The molecule has 1 fully saturated rings. The second-order valence-electron chi connectivity index (χ2n) is 4.85. The molecule has 19 heavy (non-hydrogen) atoms. The van der Waals surface area contributed by atoms with Crippen LogP contribution in [0.5, 0.6) is 0 Å². The minimum Gasteiger partial charge on any atom is -0.392 e. The van der Waals surface area contributed by atoms with Crippen LogP contribution in [0.15, 0.2) is 35.7 Å². The van der Waals surface area contributed by atoms with Crippen molar-refractivity contribution in [2.75, 3.05) is 6.54 Å². The second kappa shape index (κ2) is 5.45. The third-order valence-corrected chi connectivity index (χ3v) is 5.35. The number of sulfonamides is 1. The van der Waals surface area contributed by atoms with Crippen LogP contribution in [-0.2, 0) is 16.6 Å². The summed E-state index contributed by atoms with van der Waals surface area (Å²) in [6, 6.07) is 5.13. The molecule has 4 nitrogen and oxygen atoms in total. The van der Waals surface area contributed by atoms with Gasteiger partial charge in [0.1, 0.15) is 0 Å². The van der Waals surface area contributed by atoms with Crippen LogP contribution >= 0.6 is 0 Å². The monoisotopic (exact) mass is 281 g/mol. The lowest BCUT2D eigenvalue weighted by atomic mass is 10.2. The highest BCUT2D eigenvalue weighted by Crippen LogP contribution is 2.33. The van der Waals surface area contributed by atoms with Crippen molar-refractivity contribution in [1.82, 2.24) is 4.31 Å². The van der Waals surface area contributed by atoms with Crippen LogP contribution in [0.3, 0.4) is 0 Å². The Labute approximate surface area is 114 Å². The maximum atomic E-state index is 12.7. The summed E-state index contributed by atoms with van der Waals surface area (Å²) in [5.41, 5.74) is 1.31. The molecule has 0 radical (unpaired) electrons. The van der Waals surface area contributed by atoms with E-state index in [-0.39, 0.29) is 17.5 Å². The van der Waals surface area contributed by atoms with Gasteiger partial charge in [-0.2, -0.15) is 4.31 Å². The Morgan fingerprint density at radius 2 is 2.16 bits per heavy atom. The van der Waals surface area contributed by atoms with Gasteiger partial charge in [-0.1, -0.05) is 18.2 Å². The fourth-order valence-electron chi connectivity index (χ4n) is 2.08. The summed E-state index contributed by atoms with van der Waals surface area (Å²) in [4.78, 5) is 0.285. The molecule has 1 aromatic carbocycles. The molecule has 0 aromatic heterocycles. The molecule has 5 heteroatoms. The Balaban J connectivity index is 2.45. The Morgan fingerprint density at radius 1 is 1.47 bits per heavy atom. The lowest BCUT2D eigenvalue weighted by Crippen LogP contribution is -2.33. The van der Waals surface area contributed by atoms with Gasteiger partial charge in [-0.05, 0) is 37.0 Å². The third-order valence-electron chi connectivity index (χ3n) is 3.28. The Hall–Kier alpha value is -1.17. The summed E-state index contributed by atoms with van der Waals surface area (Å²) in [5.74, 6) is 0. The van der Waals surface area contributed by atoms with Crippen molar-refractivity contribution >= 4 is 10.0 Å². The molecule has 0 spiro atoms. The number of rotatable bonds is 6. The first-order valence-corrected chi connectivity index (χ1v) is 7.78. The van der Waals surface area contributed by atoms with Gasteiger partial charge in [-0.25, -0.2) is 8.42 Å². The molecule has 2 rings (SSSR count). The topological polar surface area (TPSA) is 57.6 Å². The molecule has 1 aliphatic rings. The molecule has 1 saturated carbocycles. The van der Waals surface area contributed by atoms with Gasteiger partial charge in [0.25, 0.3) is 0 Å². The summed E-state index contributed by atoms with van der Waals surface area (Å²) in [6.45, 7) is 5.57. The van der Waals surface area contributed by atoms with E-state index in [0.717, 1.165) is 12.8 Å². The largest absolute Gasteiger partial charge is 0.392 e. The molecular weight excluding hydrogens is 262 g/mol. The summed E-state index contributed by atoms with van der Waals surface area (Å²) >= 11 is 0. The van der Waals surface area contributed by atoms with Gasteiger partial charge in [0.15, 0.2) is 0 Å². The molecule has 0 saturated heterocycles. The smallest absolute Gasteiger partial charge is 0.243 e. The van der Waals surface area contributed by atoms with E-state index in [1.807, 2.05) is 0 Å². The fraction of sp³-hybridized carbons (Fsp3) is 0.429. The number of aliphatic hydroxyl groups excluding tert-OH is 1. The minimum atomic E-state index is -3.51. The van der Waals surface area contributed by atoms with Gasteiger partial charge in [0.05, 0.1) is 11.5 Å². The highest BCUT2D eigenvalue weighted by Gasteiger charge is 2.37. The van der Waals surface area contributed by atoms with Crippen molar-refractivity contribution in [1.29, 1.82) is 0 Å². The number of hydrogen-bond acceptors (Lipinski definition) is 3. The zero-order valence-electron chi connectivity index (χ0n) is 11.0. The maximum Gasteiger partial charge on any atom is 0.243 e. The van der Waals surface area contributed by atoms with Crippen LogP contribution in [-0.4, -0.2) is 30.4 Å². The first-order valence-electron chi connectivity index (χ1n) is 6.34. The molecule has 1 aliphatic carbocycles. The fourth-order valence-corrected chi connectivity index (χ4v) is 4.01. The molecule has 0 bridgehead atoms. The average molecular weight is 281 g/mol. The van der Waals surface area contributed by atoms with Gasteiger partial charge in [0.2, 0.25) is 10.0 Å². The molecular formula is C14H19NO3S. The van der Waals surface area contributed by atoms with Crippen LogP contribution in [0.25, 0.3) is 0 Å². The quantitative estimate of drug-likeness (QED) is 0.809. The molecule has 0 atom stereocenters. The molecule has 0 amide bonds. The van der Waals surface area contributed by atoms with E-state index >= 15 is 0 Å². The van der Waals surface area contributed by atoms with E-state index in [1.165, 1.54) is 4.31 Å². The predicted molar refractivity (Wildman–Crippen MR) is 74.2 cm³/mol. The first-order chi connectivity index (χ1) is 9.00. The van der Waals surface area contributed by atoms with Crippen LogP contribution in [0.1, 0.15) is 24.0 Å². The van der Waals surface area contributed by atoms with Gasteiger partial charge in [-0.3, -0.25) is 0 Å². The molecule has 1 N–H and O–H groups in total. The summed E-state index contributed by atoms with van der Waals surface area (Å²) in [6.07, 6.45) is 3.43. The van der Waals surface area contributed by atoms with E-state index in [9.17, 15) is 8.42 Å². The predicted octanol–water partition coefficient (Wildman–Crippen LogP) is 1.83. The van der Waals surface area contributed by atoms with E-state index in [0.29, 0.717) is 17.7 Å². The standard InChI is InChI=1S/C14H19NO3S/c1-3-8-15(13-6-7-13)19(17,18)14-9-12(10-16)5-4-11(14)2/h3-5,9,13,16H,1,6-8,10H2,2H3.